The number of unbranched alkanes of at least 4 members (excludes halogenated alkanes) is 1. The Morgan fingerprint density at radius 3 is 2.43 bits per heavy atom. The standard InChI is InChI=1S/C25H38F2O3/c1-3-5-15-28-23-14-13-22(24(26)25(23)27)19-9-7-18(8-10-19)16-29-21-12-11-20(6-4-2)30-17-21/h13-14,18-21H,3-12,15-17H2,1-2H3. The van der Waals surface area contributed by atoms with E-state index in [9.17, 15) is 8.78 Å². The van der Waals surface area contributed by atoms with Crippen molar-refractivity contribution in [1.82, 2.24) is 0 Å². The minimum absolute atomic E-state index is 0.0302. The second-order valence-electron chi connectivity index (χ2n) is 8.98. The van der Waals surface area contributed by atoms with Crippen LogP contribution in [0.15, 0.2) is 12.1 Å². The van der Waals surface area contributed by atoms with Crippen molar-refractivity contribution in [3.63, 3.8) is 0 Å². The van der Waals surface area contributed by atoms with Crippen LogP contribution in [0.1, 0.15) is 89.5 Å². The normalized spacial score (nSPS) is 27.2. The lowest BCUT2D eigenvalue weighted by molar-refractivity contribution is -0.0957. The smallest absolute Gasteiger partial charge is 0.200 e. The van der Waals surface area contributed by atoms with Crippen molar-refractivity contribution in [3.05, 3.63) is 29.3 Å². The zero-order chi connectivity index (χ0) is 21.3. The van der Waals surface area contributed by atoms with Crippen molar-refractivity contribution in [3.8, 4) is 5.75 Å². The van der Waals surface area contributed by atoms with E-state index in [1.54, 1.807) is 12.1 Å². The van der Waals surface area contributed by atoms with Crippen LogP contribution in [0, 0.1) is 17.6 Å². The van der Waals surface area contributed by atoms with Crippen molar-refractivity contribution in [2.24, 2.45) is 5.92 Å². The van der Waals surface area contributed by atoms with Crippen LogP contribution in [0.4, 0.5) is 8.78 Å². The molecule has 1 saturated heterocycles. The Bertz CT molecular complexity index is 636. The maximum atomic E-state index is 14.6. The first-order valence-electron chi connectivity index (χ1n) is 12.0. The van der Waals surface area contributed by atoms with Gasteiger partial charge in [-0.05, 0) is 74.8 Å². The van der Waals surface area contributed by atoms with Crippen molar-refractivity contribution >= 4 is 0 Å². The average Bonchev–Trinajstić information content (AvgIpc) is 2.77. The summed E-state index contributed by atoms with van der Waals surface area (Å²) in [6.07, 6.45) is 10.6. The van der Waals surface area contributed by atoms with Crippen molar-refractivity contribution in [2.45, 2.75) is 96.2 Å². The molecule has 170 valence electrons. The van der Waals surface area contributed by atoms with Crippen LogP contribution in [0.3, 0.4) is 0 Å². The molecule has 1 heterocycles. The van der Waals surface area contributed by atoms with Gasteiger partial charge >= 0.3 is 0 Å². The molecular weight excluding hydrogens is 386 g/mol. The fourth-order valence-corrected chi connectivity index (χ4v) is 4.68. The van der Waals surface area contributed by atoms with E-state index in [0.717, 1.165) is 64.4 Å². The first kappa shape index (κ1) is 23.5. The van der Waals surface area contributed by atoms with Gasteiger partial charge in [-0.3, -0.25) is 0 Å². The molecule has 30 heavy (non-hydrogen) atoms. The highest BCUT2D eigenvalue weighted by molar-refractivity contribution is 5.33. The Hall–Kier alpha value is -1.20. The number of benzene rings is 1. The molecule has 2 aliphatic rings. The van der Waals surface area contributed by atoms with Crippen LogP contribution in [-0.2, 0) is 9.47 Å². The Morgan fingerprint density at radius 2 is 1.77 bits per heavy atom. The minimum Gasteiger partial charge on any atom is -0.490 e. The Kier molecular flexibility index (Phi) is 9.38. The van der Waals surface area contributed by atoms with Crippen LogP contribution in [0.25, 0.3) is 0 Å². The monoisotopic (exact) mass is 424 g/mol. The summed E-state index contributed by atoms with van der Waals surface area (Å²) in [7, 11) is 0. The van der Waals surface area contributed by atoms with Crippen LogP contribution in [0.5, 0.6) is 5.75 Å². The zero-order valence-electron chi connectivity index (χ0n) is 18.6. The van der Waals surface area contributed by atoms with Crippen molar-refractivity contribution < 1.29 is 23.0 Å². The summed E-state index contributed by atoms with van der Waals surface area (Å²) in [5, 5.41) is 0. The third-order valence-electron chi connectivity index (χ3n) is 6.63. The molecule has 1 aliphatic heterocycles. The molecule has 1 aromatic carbocycles. The third kappa shape index (κ3) is 6.40. The van der Waals surface area contributed by atoms with E-state index in [0.29, 0.717) is 30.8 Å². The van der Waals surface area contributed by atoms with Crippen molar-refractivity contribution in [1.29, 1.82) is 0 Å². The maximum absolute atomic E-state index is 14.6. The highest BCUT2D eigenvalue weighted by Crippen LogP contribution is 2.39. The molecule has 0 radical (unpaired) electrons. The molecule has 0 amide bonds. The summed E-state index contributed by atoms with van der Waals surface area (Å²) in [6, 6.07) is 3.31. The van der Waals surface area contributed by atoms with E-state index >= 15 is 0 Å². The van der Waals surface area contributed by atoms with E-state index < -0.39 is 11.6 Å². The number of rotatable bonds is 10. The van der Waals surface area contributed by atoms with Gasteiger partial charge < -0.3 is 14.2 Å². The first-order chi connectivity index (χ1) is 14.6. The van der Waals surface area contributed by atoms with Gasteiger partial charge in [-0.1, -0.05) is 32.8 Å². The van der Waals surface area contributed by atoms with E-state index in [4.69, 9.17) is 14.2 Å². The molecule has 5 heteroatoms. The molecule has 0 aromatic heterocycles. The molecule has 1 aliphatic carbocycles. The molecule has 1 aromatic rings. The lowest BCUT2D eigenvalue weighted by Crippen LogP contribution is -2.33. The number of halogens is 2. The highest BCUT2D eigenvalue weighted by Gasteiger charge is 2.28. The zero-order valence-corrected chi connectivity index (χ0v) is 18.6. The van der Waals surface area contributed by atoms with Crippen LogP contribution < -0.4 is 4.74 Å². The summed E-state index contributed by atoms with van der Waals surface area (Å²) in [6.45, 7) is 6.11. The van der Waals surface area contributed by atoms with Gasteiger partial charge in [0.15, 0.2) is 11.6 Å². The van der Waals surface area contributed by atoms with Crippen molar-refractivity contribution in [2.75, 3.05) is 19.8 Å². The van der Waals surface area contributed by atoms with Gasteiger partial charge in [0.05, 0.1) is 25.4 Å². The number of ether oxygens (including phenoxy) is 3. The number of hydrogen-bond donors (Lipinski definition) is 0. The Balaban J connectivity index is 1.42. The molecule has 2 atom stereocenters. The summed E-state index contributed by atoms with van der Waals surface area (Å²) in [5.74, 6) is -0.965. The second kappa shape index (κ2) is 12.0. The second-order valence-corrected chi connectivity index (χ2v) is 8.98. The Labute approximate surface area is 180 Å². The summed E-state index contributed by atoms with van der Waals surface area (Å²) >= 11 is 0. The van der Waals surface area contributed by atoms with E-state index in [2.05, 4.69) is 6.92 Å². The fraction of sp³-hybridized carbons (Fsp3) is 0.760. The number of hydrogen-bond acceptors (Lipinski definition) is 3. The molecule has 2 fully saturated rings. The third-order valence-corrected chi connectivity index (χ3v) is 6.63. The Morgan fingerprint density at radius 1 is 0.967 bits per heavy atom. The molecule has 3 nitrogen and oxygen atoms in total. The minimum atomic E-state index is -0.840. The molecule has 2 unspecified atom stereocenters. The molecular formula is C25H38F2O3. The average molecular weight is 425 g/mol. The van der Waals surface area contributed by atoms with E-state index in [1.165, 1.54) is 6.42 Å². The van der Waals surface area contributed by atoms with Gasteiger partial charge in [-0.15, -0.1) is 0 Å². The summed E-state index contributed by atoms with van der Waals surface area (Å²) in [5.41, 5.74) is 0.498. The largest absolute Gasteiger partial charge is 0.490 e. The summed E-state index contributed by atoms with van der Waals surface area (Å²) < 4.78 is 46.4. The van der Waals surface area contributed by atoms with Gasteiger partial charge in [0.1, 0.15) is 0 Å². The molecule has 0 N–H and O–H groups in total. The molecule has 1 saturated carbocycles. The maximum Gasteiger partial charge on any atom is 0.200 e. The van der Waals surface area contributed by atoms with E-state index in [1.807, 2.05) is 6.92 Å². The van der Waals surface area contributed by atoms with Gasteiger partial charge in [0, 0.05) is 6.61 Å². The molecule has 0 spiro atoms. The first-order valence-corrected chi connectivity index (χ1v) is 12.0. The van der Waals surface area contributed by atoms with Crippen LogP contribution >= 0.6 is 0 Å². The highest BCUT2D eigenvalue weighted by atomic mass is 19.2. The predicted molar refractivity (Wildman–Crippen MR) is 115 cm³/mol. The van der Waals surface area contributed by atoms with Gasteiger partial charge in [0.25, 0.3) is 0 Å². The van der Waals surface area contributed by atoms with Gasteiger partial charge in [-0.25, -0.2) is 4.39 Å². The topological polar surface area (TPSA) is 27.7 Å². The predicted octanol–water partition coefficient (Wildman–Crippen LogP) is 6.78. The summed E-state index contributed by atoms with van der Waals surface area (Å²) in [4.78, 5) is 0. The lowest BCUT2D eigenvalue weighted by atomic mass is 9.78. The quantitative estimate of drug-likeness (QED) is 0.387. The van der Waals surface area contributed by atoms with Gasteiger partial charge in [-0.2, -0.15) is 4.39 Å². The fourth-order valence-electron chi connectivity index (χ4n) is 4.68. The molecule has 0 bridgehead atoms. The van der Waals surface area contributed by atoms with Crippen LogP contribution in [-0.4, -0.2) is 32.0 Å². The molecule has 3 rings (SSSR count). The van der Waals surface area contributed by atoms with Gasteiger partial charge in [0.2, 0.25) is 5.82 Å². The van der Waals surface area contributed by atoms with E-state index in [-0.39, 0.29) is 17.8 Å². The lowest BCUT2D eigenvalue weighted by Gasteiger charge is -2.32. The van der Waals surface area contributed by atoms with Crippen LogP contribution in [0.2, 0.25) is 0 Å². The SMILES string of the molecule is CCCCOc1ccc(C2CCC(COC3CCC(CCC)OC3)CC2)c(F)c1F.